The number of hydrogen-bond acceptors (Lipinski definition) is 0. The second-order valence-corrected chi connectivity index (χ2v) is 5.72. The average molecular weight is 216 g/mol. The molecule has 0 spiro atoms. The Labute approximate surface area is 95.9 Å². The van der Waals surface area contributed by atoms with Crippen molar-refractivity contribution in [3.8, 4) is 0 Å². The first-order chi connectivity index (χ1) is 6.41. The molecule has 0 rings (SSSR count). The van der Waals surface area contributed by atoms with Crippen molar-refractivity contribution in [3.05, 3.63) is 0 Å². The molecule has 0 aliphatic heterocycles. The maximum absolute atomic E-state index is 2.29. The normalized spacial score (nSPS) is 9.29. The van der Waals surface area contributed by atoms with Gasteiger partial charge in [-0.2, -0.15) is 0 Å². The smallest absolute Gasteiger partial charge is 1.00 e. The van der Waals surface area contributed by atoms with Crippen LogP contribution >= 0.6 is 0 Å². The average Bonchev–Trinajstić information content (AvgIpc) is 2.16. The molecule has 0 aromatic carbocycles. The molecule has 0 heterocycles. The summed E-state index contributed by atoms with van der Waals surface area (Å²) in [5, 5.41) is 3.12. The van der Waals surface area contributed by atoms with E-state index in [1.165, 1.54) is 51.4 Å². The van der Waals surface area contributed by atoms with Gasteiger partial charge in [-0.15, -0.1) is 0 Å². The van der Waals surface area contributed by atoms with Gasteiger partial charge < -0.3 is 4.70 Å². The molecule has 0 fully saturated rings. The van der Waals surface area contributed by atoms with Gasteiger partial charge in [0, 0.05) is 0 Å². The molecule has 84 valence electrons. The second kappa shape index (κ2) is 15.9. The SMILES string of the molecule is CCCCC[CH2][Al+][CH2]CCCCC.[F-]. The number of rotatable bonds is 10. The van der Waals surface area contributed by atoms with E-state index < -0.39 is 0 Å². The standard InChI is InChI=1S/2C6H13.Al.FH/c2*1-3-5-6-4-2;;/h2*1,3-6H2,2H3;;1H/q;;+1;/p-1. The fraction of sp³-hybridized carbons (Fsp3) is 1.00. The van der Waals surface area contributed by atoms with Crippen LogP contribution < -0.4 is 4.70 Å². The summed E-state index contributed by atoms with van der Waals surface area (Å²) in [6.45, 7) is 4.58. The van der Waals surface area contributed by atoms with Crippen molar-refractivity contribution in [1.29, 1.82) is 0 Å². The summed E-state index contributed by atoms with van der Waals surface area (Å²) in [7, 11) is 0. The van der Waals surface area contributed by atoms with Crippen LogP contribution in [0.4, 0.5) is 0 Å². The third kappa shape index (κ3) is 15.0. The molecule has 0 aromatic heterocycles. The Hall–Kier alpha value is 0.462. The summed E-state index contributed by atoms with van der Waals surface area (Å²) in [4.78, 5) is 0. The van der Waals surface area contributed by atoms with E-state index in [0.717, 1.165) is 15.2 Å². The fourth-order valence-electron chi connectivity index (χ4n) is 1.58. The van der Waals surface area contributed by atoms with Crippen LogP contribution in [0.15, 0.2) is 0 Å². The molecule has 0 aliphatic rings. The zero-order chi connectivity index (χ0) is 9.78. The van der Waals surface area contributed by atoms with Gasteiger partial charge in [-0.1, -0.05) is 0 Å². The van der Waals surface area contributed by atoms with Gasteiger partial charge in [-0.05, 0) is 0 Å². The van der Waals surface area contributed by atoms with Crippen molar-refractivity contribution in [2.24, 2.45) is 0 Å². The molecule has 14 heavy (non-hydrogen) atoms. The van der Waals surface area contributed by atoms with Crippen molar-refractivity contribution < 1.29 is 4.70 Å². The second-order valence-electron chi connectivity index (χ2n) is 3.99. The van der Waals surface area contributed by atoms with Crippen molar-refractivity contribution in [2.75, 3.05) is 0 Å². The van der Waals surface area contributed by atoms with E-state index in [9.17, 15) is 0 Å². The number of halogens is 1. The molecule has 0 amide bonds. The van der Waals surface area contributed by atoms with Crippen LogP contribution in [0.3, 0.4) is 0 Å². The van der Waals surface area contributed by atoms with Gasteiger partial charge in [0.05, 0.1) is 0 Å². The van der Waals surface area contributed by atoms with E-state index in [1.54, 1.807) is 10.6 Å². The van der Waals surface area contributed by atoms with E-state index in [1.807, 2.05) is 0 Å². The Kier molecular flexibility index (Phi) is 19.2. The Morgan fingerprint density at radius 1 is 0.643 bits per heavy atom. The third-order valence-corrected chi connectivity index (χ3v) is 4.16. The van der Waals surface area contributed by atoms with Gasteiger partial charge >= 0.3 is 91.0 Å². The summed E-state index contributed by atoms with van der Waals surface area (Å²) in [5.41, 5.74) is 0. The third-order valence-electron chi connectivity index (χ3n) is 2.52. The zero-order valence-electron chi connectivity index (χ0n) is 10.0. The zero-order valence-corrected chi connectivity index (χ0v) is 11.2. The molecule has 0 radical (unpaired) electrons. The number of hydrogen-bond donors (Lipinski definition) is 0. The van der Waals surface area contributed by atoms with Gasteiger partial charge in [0.2, 0.25) is 0 Å². The monoisotopic (exact) mass is 216 g/mol. The molecule has 0 aromatic rings. The predicted octanol–water partition coefficient (Wildman–Crippen LogP) is 1.69. The van der Waals surface area contributed by atoms with E-state index >= 15 is 0 Å². The molecule has 0 atom stereocenters. The van der Waals surface area contributed by atoms with Gasteiger partial charge in [-0.3, -0.25) is 0 Å². The molecular formula is C12H26AlF. The molecule has 0 unspecified atom stereocenters. The quantitative estimate of drug-likeness (QED) is 0.385. The van der Waals surface area contributed by atoms with Gasteiger partial charge in [0.25, 0.3) is 0 Å². The minimum atomic E-state index is 0. The maximum atomic E-state index is 2.29. The van der Waals surface area contributed by atoms with Gasteiger partial charge in [-0.25, -0.2) is 0 Å². The van der Waals surface area contributed by atoms with E-state index in [0.29, 0.717) is 0 Å². The molecule has 0 aliphatic carbocycles. The van der Waals surface area contributed by atoms with Crippen molar-refractivity contribution in [3.63, 3.8) is 0 Å². The predicted molar refractivity (Wildman–Crippen MR) is 63.7 cm³/mol. The summed E-state index contributed by atoms with van der Waals surface area (Å²) in [6, 6.07) is 0. The molecule has 0 nitrogen and oxygen atoms in total. The van der Waals surface area contributed by atoms with E-state index in [-0.39, 0.29) is 4.70 Å². The van der Waals surface area contributed by atoms with E-state index in [4.69, 9.17) is 0 Å². The largest absolute Gasteiger partial charge is 1.00 e. The Morgan fingerprint density at radius 2 is 1.07 bits per heavy atom. The summed E-state index contributed by atoms with van der Waals surface area (Å²) in [6.07, 6.45) is 11.7. The van der Waals surface area contributed by atoms with Crippen LogP contribution in [0.5, 0.6) is 0 Å². The summed E-state index contributed by atoms with van der Waals surface area (Å²) in [5.74, 6) is 0. The van der Waals surface area contributed by atoms with Crippen LogP contribution in [0.1, 0.15) is 65.2 Å². The number of unbranched alkanes of at least 4 members (excludes halogenated alkanes) is 6. The first-order valence-electron chi connectivity index (χ1n) is 6.23. The Morgan fingerprint density at radius 3 is 1.43 bits per heavy atom. The molecule has 0 N–H and O–H groups in total. The molecule has 0 saturated heterocycles. The van der Waals surface area contributed by atoms with Crippen molar-refractivity contribution >= 4 is 15.2 Å². The van der Waals surface area contributed by atoms with Crippen LogP contribution in [0, 0.1) is 0 Å². The molecule has 2 heteroatoms. The Bertz CT molecular complexity index is 76.4. The van der Waals surface area contributed by atoms with Crippen LogP contribution in [0.25, 0.3) is 0 Å². The Balaban J connectivity index is 0. The van der Waals surface area contributed by atoms with Crippen LogP contribution in [-0.4, -0.2) is 15.2 Å². The summed E-state index contributed by atoms with van der Waals surface area (Å²) < 4.78 is 0. The van der Waals surface area contributed by atoms with Crippen LogP contribution in [0.2, 0.25) is 10.6 Å². The first kappa shape index (κ1) is 16.9. The van der Waals surface area contributed by atoms with Gasteiger partial charge in [0.1, 0.15) is 0 Å². The van der Waals surface area contributed by atoms with Crippen molar-refractivity contribution in [2.45, 2.75) is 75.8 Å². The molecular weight excluding hydrogens is 190 g/mol. The van der Waals surface area contributed by atoms with Crippen LogP contribution in [-0.2, 0) is 0 Å². The van der Waals surface area contributed by atoms with Gasteiger partial charge in [0.15, 0.2) is 0 Å². The minimum absolute atomic E-state index is 0. The maximum Gasteiger partial charge on any atom is -1.00 e. The molecule has 0 bridgehead atoms. The minimum Gasteiger partial charge on any atom is -1.00 e. The summed E-state index contributed by atoms with van der Waals surface area (Å²) >= 11 is 0.805. The molecule has 0 saturated carbocycles. The van der Waals surface area contributed by atoms with Crippen molar-refractivity contribution in [1.82, 2.24) is 0 Å². The first-order valence-corrected chi connectivity index (χ1v) is 7.86. The topological polar surface area (TPSA) is 0 Å². The fourth-order valence-corrected chi connectivity index (χ4v) is 3.02. The van der Waals surface area contributed by atoms with E-state index in [2.05, 4.69) is 13.8 Å².